The standard InChI is InChI=1S/C24H28N6O/c1-16-15-29(10-11-30(16)23-14-25-22(13-26-23)19(4)31)24-18(3)17(2)21(27-28-24)12-20-8-6-5-7-9-20/h5-9,13-14,16H,10-12,15H2,1-4H3. The number of hydrogen-bond donors (Lipinski definition) is 0. The van der Waals surface area contributed by atoms with Gasteiger partial charge in [0.25, 0.3) is 0 Å². The van der Waals surface area contributed by atoms with Crippen LogP contribution in [0.5, 0.6) is 0 Å². The fourth-order valence-electron chi connectivity index (χ4n) is 4.04. The number of aromatic nitrogens is 4. The molecule has 0 radical (unpaired) electrons. The molecule has 160 valence electrons. The van der Waals surface area contributed by atoms with Gasteiger partial charge in [0.15, 0.2) is 11.6 Å². The highest BCUT2D eigenvalue weighted by Crippen LogP contribution is 2.26. The predicted octanol–water partition coefficient (Wildman–Crippen LogP) is 3.39. The normalized spacial score (nSPS) is 16.5. The Morgan fingerprint density at radius 1 is 1.03 bits per heavy atom. The quantitative estimate of drug-likeness (QED) is 0.590. The van der Waals surface area contributed by atoms with Gasteiger partial charge in [0.2, 0.25) is 0 Å². The van der Waals surface area contributed by atoms with Crippen LogP contribution in [0.3, 0.4) is 0 Å². The van der Waals surface area contributed by atoms with Gasteiger partial charge in [-0.2, -0.15) is 5.10 Å². The summed E-state index contributed by atoms with van der Waals surface area (Å²) in [5.74, 6) is 1.69. The zero-order valence-corrected chi connectivity index (χ0v) is 18.5. The van der Waals surface area contributed by atoms with Crippen molar-refractivity contribution >= 4 is 17.4 Å². The molecule has 3 heterocycles. The third-order valence-electron chi connectivity index (χ3n) is 6.03. The van der Waals surface area contributed by atoms with E-state index in [-0.39, 0.29) is 11.8 Å². The third-order valence-corrected chi connectivity index (χ3v) is 6.03. The second-order valence-corrected chi connectivity index (χ2v) is 8.19. The Bertz CT molecular complexity index is 1070. The summed E-state index contributed by atoms with van der Waals surface area (Å²) in [6, 6.07) is 10.6. The second kappa shape index (κ2) is 8.79. The topological polar surface area (TPSA) is 75.1 Å². The lowest BCUT2D eigenvalue weighted by Crippen LogP contribution is -2.53. The molecule has 1 aromatic carbocycles. The van der Waals surface area contributed by atoms with Gasteiger partial charge in [-0.15, -0.1) is 5.10 Å². The SMILES string of the molecule is CC(=O)c1cnc(N2CCN(c3nnc(Cc4ccccc4)c(C)c3C)CC2C)cn1. The van der Waals surface area contributed by atoms with Crippen LogP contribution in [0.25, 0.3) is 0 Å². The first-order valence-corrected chi connectivity index (χ1v) is 10.6. The number of hydrogen-bond acceptors (Lipinski definition) is 7. The molecule has 0 N–H and O–H groups in total. The monoisotopic (exact) mass is 416 g/mol. The molecule has 0 aliphatic carbocycles. The molecule has 3 aromatic rings. The largest absolute Gasteiger partial charge is 0.351 e. The van der Waals surface area contributed by atoms with Crippen molar-refractivity contribution in [2.45, 2.75) is 40.2 Å². The van der Waals surface area contributed by atoms with Crippen molar-refractivity contribution in [1.29, 1.82) is 0 Å². The third kappa shape index (κ3) is 4.40. The van der Waals surface area contributed by atoms with Crippen molar-refractivity contribution in [3.8, 4) is 0 Å². The number of benzene rings is 1. The van der Waals surface area contributed by atoms with Crippen LogP contribution in [0.4, 0.5) is 11.6 Å². The molecule has 1 aliphatic heterocycles. The summed E-state index contributed by atoms with van der Waals surface area (Å²) in [7, 11) is 0. The Balaban J connectivity index is 1.48. The van der Waals surface area contributed by atoms with Gasteiger partial charge in [-0.3, -0.25) is 4.79 Å². The molecule has 1 aliphatic rings. The Labute approximate surface area is 183 Å². The van der Waals surface area contributed by atoms with Crippen LogP contribution in [0.2, 0.25) is 0 Å². The number of carbonyl (C=O) groups is 1. The van der Waals surface area contributed by atoms with Crippen molar-refractivity contribution in [3.05, 3.63) is 70.8 Å². The molecule has 0 spiro atoms. The van der Waals surface area contributed by atoms with E-state index in [2.05, 4.69) is 75.0 Å². The minimum atomic E-state index is -0.0722. The first-order chi connectivity index (χ1) is 14.9. The van der Waals surface area contributed by atoms with Gasteiger partial charge < -0.3 is 9.80 Å². The lowest BCUT2D eigenvalue weighted by Gasteiger charge is -2.41. The van der Waals surface area contributed by atoms with E-state index in [1.165, 1.54) is 23.6 Å². The van der Waals surface area contributed by atoms with Crippen LogP contribution in [0, 0.1) is 13.8 Å². The molecular formula is C24H28N6O. The van der Waals surface area contributed by atoms with E-state index >= 15 is 0 Å². The van der Waals surface area contributed by atoms with Crippen LogP contribution in [0.1, 0.15) is 46.7 Å². The summed E-state index contributed by atoms with van der Waals surface area (Å²) < 4.78 is 0. The second-order valence-electron chi connectivity index (χ2n) is 8.19. The van der Waals surface area contributed by atoms with E-state index in [1.807, 2.05) is 6.07 Å². The van der Waals surface area contributed by atoms with E-state index in [9.17, 15) is 4.79 Å². The summed E-state index contributed by atoms with van der Waals surface area (Å²) in [4.78, 5) is 24.7. The molecule has 7 heteroatoms. The van der Waals surface area contributed by atoms with Gasteiger partial charge in [-0.05, 0) is 37.5 Å². The fourth-order valence-corrected chi connectivity index (χ4v) is 4.04. The van der Waals surface area contributed by atoms with Crippen LogP contribution in [-0.2, 0) is 6.42 Å². The van der Waals surface area contributed by atoms with E-state index in [0.717, 1.165) is 43.4 Å². The summed E-state index contributed by atoms with van der Waals surface area (Å²) in [6.07, 6.45) is 4.04. The Kier molecular flexibility index (Phi) is 5.93. The van der Waals surface area contributed by atoms with Gasteiger partial charge in [0, 0.05) is 39.0 Å². The van der Waals surface area contributed by atoms with E-state index in [0.29, 0.717) is 5.69 Å². The first kappa shape index (κ1) is 20.9. The molecule has 0 bridgehead atoms. The molecule has 7 nitrogen and oxygen atoms in total. The molecular weight excluding hydrogens is 388 g/mol. The van der Waals surface area contributed by atoms with Crippen LogP contribution in [0.15, 0.2) is 42.7 Å². The highest BCUT2D eigenvalue weighted by Gasteiger charge is 2.27. The molecule has 31 heavy (non-hydrogen) atoms. The summed E-state index contributed by atoms with van der Waals surface area (Å²) >= 11 is 0. The average Bonchev–Trinajstić information content (AvgIpc) is 2.78. The van der Waals surface area contributed by atoms with Gasteiger partial charge in [-0.1, -0.05) is 30.3 Å². The average molecular weight is 417 g/mol. The summed E-state index contributed by atoms with van der Waals surface area (Å²) in [5.41, 5.74) is 5.06. The number of nitrogens with zero attached hydrogens (tertiary/aromatic N) is 6. The van der Waals surface area contributed by atoms with Crippen LogP contribution < -0.4 is 9.80 Å². The highest BCUT2D eigenvalue weighted by atomic mass is 16.1. The Morgan fingerprint density at radius 3 is 2.45 bits per heavy atom. The number of Topliss-reactive ketones (excluding diaryl/α,β-unsaturated/α-hetero) is 1. The number of carbonyl (C=O) groups excluding carboxylic acids is 1. The van der Waals surface area contributed by atoms with Crippen LogP contribution >= 0.6 is 0 Å². The van der Waals surface area contributed by atoms with E-state index in [4.69, 9.17) is 0 Å². The molecule has 1 saturated heterocycles. The van der Waals surface area contributed by atoms with Gasteiger partial charge in [0.1, 0.15) is 11.5 Å². The van der Waals surface area contributed by atoms with Crippen molar-refractivity contribution in [2.24, 2.45) is 0 Å². The lowest BCUT2D eigenvalue weighted by molar-refractivity contribution is 0.101. The number of piperazine rings is 1. The van der Waals surface area contributed by atoms with Gasteiger partial charge in [0.05, 0.1) is 18.1 Å². The molecule has 1 fully saturated rings. The Hall–Kier alpha value is -3.35. The van der Waals surface area contributed by atoms with Crippen molar-refractivity contribution in [2.75, 3.05) is 29.4 Å². The lowest BCUT2D eigenvalue weighted by atomic mass is 10.0. The maximum atomic E-state index is 11.4. The number of rotatable bonds is 5. The number of anilines is 2. The summed E-state index contributed by atoms with van der Waals surface area (Å²) in [5, 5.41) is 9.19. The maximum absolute atomic E-state index is 11.4. The first-order valence-electron chi connectivity index (χ1n) is 10.6. The Morgan fingerprint density at radius 2 is 1.81 bits per heavy atom. The molecule has 0 amide bonds. The zero-order valence-electron chi connectivity index (χ0n) is 18.5. The molecule has 2 aromatic heterocycles. The minimum Gasteiger partial charge on any atom is -0.351 e. The van der Waals surface area contributed by atoms with E-state index < -0.39 is 0 Å². The van der Waals surface area contributed by atoms with Crippen molar-refractivity contribution in [3.63, 3.8) is 0 Å². The highest BCUT2D eigenvalue weighted by molar-refractivity contribution is 5.91. The molecule has 1 unspecified atom stereocenters. The van der Waals surface area contributed by atoms with Gasteiger partial charge in [-0.25, -0.2) is 9.97 Å². The van der Waals surface area contributed by atoms with E-state index in [1.54, 1.807) is 12.4 Å². The van der Waals surface area contributed by atoms with Crippen molar-refractivity contribution in [1.82, 2.24) is 20.2 Å². The smallest absolute Gasteiger partial charge is 0.179 e. The summed E-state index contributed by atoms with van der Waals surface area (Å²) in [6.45, 7) is 10.4. The minimum absolute atomic E-state index is 0.0722. The van der Waals surface area contributed by atoms with Gasteiger partial charge >= 0.3 is 0 Å². The molecule has 4 rings (SSSR count). The predicted molar refractivity (Wildman–Crippen MR) is 122 cm³/mol. The van der Waals surface area contributed by atoms with Crippen molar-refractivity contribution < 1.29 is 4.79 Å². The zero-order chi connectivity index (χ0) is 22.0. The fraction of sp³-hybridized carbons (Fsp3) is 0.375. The molecule has 1 atom stereocenters. The maximum Gasteiger partial charge on any atom is 0.179 e. The van der Waals surface area contributed by atoms with Crippen LogP contribution in [-0.4, -0.2) is 51.6 Å². The number of ketones is 1. The molecule has 0 saturated carbocycles.